The predicted octanol–water partition coefficient (Wildman–Crippen LogP) is 0.310. The van der Waals surface area contributed by atoms with Crippen LogP contribution in [0.25, 0.3) is 0 Å². The number of nitrogens with zero attached hydrogens (tertiary/aromatic N) is 4. The molecule has 0 radical (unpaired) electrons. The fourth-order valence-electron chi connectivity index (χ4n) is 2.79. The Morgan fingerprint density at radius 1 is 1.44 bits per heavy atom. The van der Waals surface area contributed by atoms with Crippen LogP contribution >= 0.6 is 0 Å². The molecule has 6 nitrogen and oxygen atoms in total. The van der Waals surface area contributed by atoms with Gasteiger partial charge in [0.1, 0.15) is 0 Å². The molecular formula is C12H26N6. The minimum atomic E-state index is 0.0340. The van der Waals surface area contributed by atoms with Gasteiger partial charge in [-0.15, -0.1) is 5.10 Å². The Morgan fingerprint density at radius 3 is 2.39 bits per heavy atom. The number of nitrogens with two attached hydrogens (primary N) is 1. The summed E-state index contributed by atoms with van der Waals surface area (Å²) in [5.74, 6) is 5.77. The van der Waals surface area contributed by atoms with Gasteiger partial charge in [0.15, 0.2) is 0 Å². The lowest BCUT2D eigenvalue weighted by Gasteiger charge is -2.44. The molecule has 0 aliphatic rings. The highest BCUT2D eigenvalue weighted by Crippen LogP contribution is 2.27. The fraction of sp³-hybridized carbons (Fsp3) is 0.833. The van der Waals surface area contributed by atoms with E-state index in [1.807, 2.05) is 13.2 Å². The fourth-order valence-corrected chi connectivity index (χ4v) is 2.79. The summed E-state index contributed by atoms with van der Waals surface area (Å²) in [4.78, 5) is 2.26. The summed E-state index contributed by atoms with van der Waals surface area (Å²) in [7, 11) is 6.09. The van der Waals surface area contributed by atoms with Crippen molar-refractivity contribution in [3.05, 3.63) is 11.9 Å². The van der Waals surface area contributed by atoms with E-state index in [0.29, 0.717) is 0 Å². The molecule has 1 heterocycles. The normalized spacial score (nSPS) is 14.2. The molecule has 1 aromatic heterocycles. The number of likely N-dealkylation sites (N-methyl/N-ethyl adjacent to an activating group) is 1. The Morgan fingerprint density at radius 2 is 2.06 bits per heavy atom. The monoisotopic (exact) mass is 254 g/mol. The molecule has 1 rings (SSSR count). The van der Waals surface area contributed by atoms with Crippen LogP contribution in [0.15, 0.2) is 6.20 Å². The van der Waals surface area contributed by atoms with Gasteiger partial charge >= 0.3 is 0 Å². The highest BCUT2D eigenvalue weighted by molar-refractivity contribution is 5.04. The van der Waals surface area contributed by atoms with Crippen LogP contribution in [0.5, 0.6) is 0 Å². The minimum Gasteiger partial charge on any atom is -0.302 e. The van der Waals surface area contributed by atoms with E-state index < -0.39 is 0 Å². The first-order valence-corrected chi connectivity index (χ1v) is 6.48. The molecule has 0 fully saturated rings. The van der Waals surface area contributed by atoms with Crippen molar-refractivity contribution in [1.82, 2.24) is 25.3 Å². The first kappa shape index (κ1) is 15.1. The number of hydrazine groups is 1. The van der Waals surface area contributed by atoms with Crippen LogP contribution in [0.4, 0.5) is 0 Å². The lowest BCUT2D eigenvalue weighted by Crippen LogP contribution is -2.61. The van der Waals surface area contributed by atoms with Gasteiger partial charge < -0.3 is 4.90 Å². The van der Waals surface area contributed by atoms with Gasteiger partial charge in [0.05, 0.1) is 5.69 Å². The van der Waals surface area contributed by atoms with Crippen LogP contribution in [0.3, 0.4) is 0 Å². The summed E-state index contributed by atoms with van der Waals surface area (Å²) in [5, 5.41) is 8.11. The molecule has 104 valence electrons. The molecule has 0 aromatic carbocycles. The second-order valence-corrected chi connectivity index (χ2v) is 5.01. The van der Waals surface area contributed by atoms with Gasteiger partial charge in [-0.25, -0.2) is 0 Å². The maximum atomic E-state index is 5.77. The molecule has 0 saturated carbocycles. The van der Waals surface area contributed by atoms with Crippen LogP contribution in [0, 0.1) is 0 Å². The second-order valence-electron chi connectivity index (χ2n) is 5.01. The van der Waals surface area contributed by atoms with E-state index in [2.05, 4.69) is 48.6 Å². The quantitative estimate of drug-likeness (QED) is 0.541. The Kier molecular flexibility index (Phi) is 5.25. The third kappa shape index (κ3) is 2.88. The van der Waals surface area contributed by atoms with Crippen LogP contribution in [0.2, 0.25) is 0 Å². The van der Waals surface area contributed by atoms with Crippen molar-refractivity contribution in [1.29, 1.82) is 0 Å². The lowest BCUT2D eigenvalue weighted by atomic mass is 9.81. The zero-order valence-corrected chi connectivity index (χ0v) is 12.1. The predicted molar refractivity (Wildman–Crippen MR) is 72.8 cm³/mol. The summed E-state index contributed by atoms with van der Waals surface area (Å²) < 4.78 is 1.72. The third-order valence-electron chi connectivity index (χ3n) is 4.03. The van der Waals surface area contributed by atoms with Gasteiger partial charge in [0.2, 0.25) is 0 Å². The molecule has 0 amide bonds. The minimum absolute atomic E-state index is 0.0340. The zero-order chi connectivity index (χ0) is 13.8. The van der Waals surface area contributed by atoms with Crippen molar-refractivity contribution in [2.24, 2.45) is 12.9 Å². The van der Waals surface area contributed by atoms with Gasteiger partial charge in [-0.05, 0) is 26.9 Å². The molecule has 0 aliphatic carbocycles. The highest BCUT2D eigenvalue weighted by Gasteiger charge is 2.37. The summed E-state index contributed by atoms with van der Waals surface area (Å²) in [5.41, 5.74) is 3.97. The molecule has 18 heavy (non-hydrogen) atoms. The van der Waals surface area contributed by atoms with Gasteiger partial charge in [-0.1, -0.05) is 19.1 Å². The lowest BCUT2D eigenvalue weighted by molar-refractivity contribution is 0.0878. The average Bonchev–Trinajstić information content (AvgIpc) is 2.75. The second kappa shape index (κ2) is 6.26. The number of aromatic nitrogens is 3. The number of nitrogens with one attached hydrogen (secondary N) is 1. The molecular weight excluding hydrogens is 228 g/mol. The van der Waals surface area contributed by atoms with Gasteiger partial charge in [0.25, 0.3) is 0 Å². The number of hydrogen-bond donors (Lipinski definition) is 2. The maximum absolute atomic E-state index is 5.77. The van der Waals surface area contributed by atoms with Crippen LogP contribution < -0.4 is 11.3 Å². The van der Waals surface area contributed by atoms with E-state index in [9.17, 15) is 0 Å². The maximum Gasteiger partial charge on any atom is 0.0843 e. The Labute approximate surface area is 109 Å². The van der Waals surface area contributed by atoms with Crippen LogP contribution in [-0.2, 0) is 13.5 Å². The van der Waals surface area contributed by atoms with Crippen LogP contribution in [0.1, 0.15) is 32.4 Å². The third-order valence-corrected chi connectivity index (χ3v) is 4.03. The zero-order valence-electron chi connectivity index (χ0n) is 12.1. The summed E-state index contributed by atoms with van der Waals surface area (Å²) in [6.45, 7) is 4.40. The van der Waals surface area contributed by atoms with E-state index in [4.69, 9.17) is 5.84 Å². The van der Waals surface area contributed by atoms with Crippen molar-refractivity contribution in [3.63, 3.8) is 0 Å². The van der Waals surface area contributed by atoms with Crippen molar-refractivity contribution in [2.75, 3.05) is 14.1 Å². The van der Waals surface area contributed by atoms with E-state index >= 15 is 0 Å². The SMILES string of the molecule is CCC(CC)(C(Cc1cn(C)nn1)NN)N(C)C. The first-order valence-electron chi connectivity index (χ1n) is 6.48. The summed E-state index contributed by atoms with van der Waals surface area (Å²) >= 11 is 0. The molecule has 0 spiro atoms. The first-order chi connectivity index (χ1) is 8.50. The van der Waals surface area contributed by atoms with Gasteiger partial charge in [-0.3, -0.25) is 16.0 Å². The Bertz CT molecular complexity index is 355. The average molecular weight is 254 g/mol. The molecule has 0 saturated heterocycles. The molecule has 1 atom stereocenters. The topological polar surface area (TPSA) is 72.0 Å². The van der Waals surface area contributed by atoms with Crippen molar-refractivity contribution < 1.29 is 0 Å². The summed E-state index contributed by atoms with van der Waals surface area (Å²) in [6.07, 6.45) is 4.79. The molecule has 1 aromatic rings. The molecule has 6 heteroatoms. The molecule has 0 aliphatic heterocycles. The highest BCUT2D eigenvalue weighted by atomic mass is 15.4. The Balaban J connectivity index is 2.92. The van der Waals surface area contributed by atoms with E-state index in [0.717, 1.165) is 25.0 Å². The molecule has 3 N–H and O–H groups in total. The van der Waals surface area contributed by atoms with Crippen molar-refractivity contribution in [2.45, 2.75) is 44.7 Å². The Hall–Kier alpha value is -0.980. The van der Waals surface area contributed by atoms with Crippen LogP contribution in [-0.4, -0.2) is 45.6 Å². The van der Waals surface area contributed by atoms with E-state index in [-0.39, 0.29) is 11.6 Å². The van der Waals surface area contributed by atoms with E-state index in [1.165, 1.54) is 0 Å². The smallest absolute Gasteiger partial charge is 0.0843 e. The van der Waals surface area contributed by atoms with Gasteiger partial charge in [-0.2, -0.15) is 0 Å². The molecule has 1 unspecified atom stereocenters. The van der Waals surface area contributed by atoms with E-state index in [1.54, 1.807) is 4.68 Å². The number of hydrogen-bond acceptors (Lipinski definition) is 5. The molecule has 0 bridgehead atoms. The standard InChI is InChI=1S/C12H26N6/c1-6-12(7-2,17(3)4)11(14-13)8-10-9-18(5)16-15-10/h9,11,14H,6-8,13H2,1-5H3. The van der Waals surface area contributed by atoms with Crippen molar-refractivity contribution >= 4 is 0 Å². The van der Waals surface area contributed by atoms with Crippen molar-refractivity contribution in [3.8, 4) is 0 Å². The number of aryl methyl sites for hydroxylation is 1. The number of rotatable bonds is 7. The largest absolute Gasteiger partial charge is 0.302 e. The summed E-state index contributed by atoms with van der Waals surface area (Å²) in [6, 6.07) is 0.152. The van der Waals surface area contributed by atoms with Gasteiger partial charge in [0, 0.05) is 31.2 Å².